The number of nitrogens with zero attached hydrogens (tertiary/aromatic N) is 3. The lowest BCUT2D eigenvalue weighted by Gasteiger charge is -2.08. The fourth-order valence-electron chi connectivity index (χ4n) is 2.43. The van der Waals surface area contributed by atoms with Gasteiger partial charge in [-0.05, 0) is 24.0 Å². The molecule has 1 aliphatic rings. The molecule has 3 rings (SSSR count). The summed E-state index contributed by atoms with van der Waals surface area (Å²) in [6.45, 7) is 4.44. The molecule has 0 amide bonds. The highest BCUT2D eigenvalue weighted by molar-refractivity contribution is 5.84. The maximum atomic E-state index is 9.05. The van der Waals surface area contributed by atoms with Crippen molar-refractivity contribution in [1.82, 2.24) is 9.55 Å². The second-order valence-corrected chi connectivity index (χ2v) is 5.33. The topological polar surface area (TPSA) is 67.6 Å². The van der Waals surface area contributed by atoms with Crippen molar-refractivity contribution in [3.05, 3.63) is 23.8 Å². The third kappa shape index (κ3) is 1.32. The number of anilines is 1. The van der Waals surface area contributed by atoms with Gasteiger partial charge in [0.25, 0.3) is 0 Å². The molecule has 2 aromatic rings. The van der Waals surface area contributed by atoms with Gasteiger partial charge >= 0.3 is 0 Å². The van der Waals surface area contributed by atoms with Crippen molar-refractivity contribution in [2.75, 3.05) is 5.73 Å². The summed E-state index contributed by atoms with van der Waals surface area (Å²) >= 11 is 0. The average molecular weight is 226 g/mol. The zero-order valence-corrected chi connectivity index (χ0v) is 9.94. The van der Waals surface area contributed by atoms with Crippen LogP contribution in [0, 0.1) is 16.7 Å². The van der Waals surface area contributed by atoms with Gasteiger partial charge in [-0.3, -0.25) is 0 Å². The number of hydrogen-bond acceptors (Lipinski definition) is 3. The third-order valence-electron chi connectivity index (χ3n) is 3.64. The molecule has 1 fully saturated rings. The SMILES string of the molecule is CC1(C)CC1n1c(N)nc2c(C#N)cccc21. The number of aromatic nitrogens is 2. The van der Waals surface area contributed by atoms with E-state index >= 15 is 0 Å². The highest BCUT2D eigenvalue weighted by Gasteiger charge is 2.48. The Hall–Kier alpha value is -2.02. The summed E-state index contributed by atoms with van der Waals surface area (Å²) in [5, 5.41) is 9.05. The highest BCUT2D eigenvalue weighted by Crippen LogP contribution is 2.57. The minimum atomic E-state index is 0.282. The fourth-order valence-corrected chi connectivity index (χ4v) is 2.43. The van der Waals surface area contributed by atoms with Crippen molar-refractivity contribution in [3.63, 3.8) is 0 Å². The molecule has 0 saturated heterocycles. The van der Waals surface area contributed by atoms with E-state index in [2.05, 4.69) is 29.5 Å². The molecule has 1 unspecified atom stereocenters. The van der Waals surface area contributed by atoms with Gasteiger partial charge in [0.05, 0.1) is 11.1 Å². The Morgan fingerprint density at radius 2 is 2.24 bits per heavy atom. The molecule has 1 atom stereocenters. The molecule has 0 spiro atoms. The minimum Gasteiger partial charge on any atom is -0.369 e. The first-order valence-electron chi connectivity index (χ1n) is 5.71. The van der Waals surface area contributed by atoms with Crippen LogP contribution < -0.4 is 5.73 Å². The van der Waals surface area contributed by atoms with Gasteiger partial charge in [0.1, 0.15) is 11.6 Å². The van der Waals surface area contributed by atoms with Crippen molar-refractivity contribution in [3.8, 4) is 6.07 Å². The predicted molar refractivity (Wildman–Crippen MR) is 66.3 cm³/mol. The normalized spacial score (nSPS) is 21.4. The average Bonchev–Trinajstić information content (AvgIpc) is 2.76. The van der Waals surface area contributed by atoms with Gasteiger partial charge in [-0.1, -0.05) is 19.9 Å². The van der Waals surface area contributed by atoms with Gasteiger partial charge in [-0.2, -0.15) is 5.26 Å². The quantitative estimate of drug-likeness (QED) is 0.812. The number of para-hydroxylation sites is 1. The molecule has 1 aromatic heterocycles. The zero-order valence-electron chi connectivity index (χ0n) is 9.94. The van der Waals surface area contributed by atoms with Crippen LogP contribution in [0.5, 0.6) is 0 Å². The van der Waals surface area contributed by atoms with Gasteiger partial charge in [-0.15, -0.1) is 0 Å². The monoisotopic (exact) mass is 226 g/mol. The van der Waals surface area contributed by atoms with Gasteiger partial charge in [0.2, 0.25) is 5.95 Å². The second kappa shape index (κ2) is 3.01. The first-order chi connectivity index (χ1) is 8.04. The predicted octanol–water partition coefficient (Wildman–Crippen LogP) is 2.46. The van der Waals surface area contributed by atoms with Crippen LogP contribution in [-0.4, -0.2) is 9.55 Å². The molecule has 0 bridgehead atoms. The standard InChI is InChI=1S/C13H14N4/c1-13(2)6-10(13)17-9-5-3-4-8(7-14)11(9)16-12(17)15/h3-5,10H,6H2,1-2H3,(H2,15,16). The summed E-state index contributed by atoms with van der Waals surface area (Å²) in [5.74, 6) is 0.512. The van der Waals surface area contributed by atoms with Crippen LogP contribution in [0.25, 0.3) is 11.0 Å². The molecule has 0 radical (unpaired) electrons. The van der Waals surface area contributed by atoms with Crippen LogP contribution in [0.1, 0.15) is 31.9 Å². The van der Waals surface area contributed by atoms with Gasteiger partial charge < -0.3 is 10.3 Å². The smallest absolute Gasteiger partial charge is 0.201 e. The molecule has 17 heavy (non-hydrogen) atoms. The van der Waals surface area contributed by atoms with E-state index in [4.69, 9.17) is 11.0 Å². The Morgan fingerprint density at radius 1 is 1.53 bits per heavy atom. The lowest BCUT2D eigenvalue weighted by molar-refractivity contribution is 0.553. The Bertz CT molecular complexity index is 645. The molecule has 2 N–H and O–H groups in total. The Morgan fingerprint density at radius 3 is 2.82 bits per heavy atom. The summed E-state index contributed by atoms with van der Waals surface area (Å²) < 4.78 is 2.07. The van der Waals surface area contributed by atoms with Crippen molar-refractivity contribution in [1.29, 1.82) is 5.26 Å². The number of hydrogen-bond donors (Lipinski definition) is 1. The van der Waals surface area contributed by atoms with Gasteiger partial charge in [-0.25, -0.2) is 4.98 Å². The van der Waals surface area contributed by atoms with Crippen LogP contribution >= 0.6 is 0 Å². The Kier molecular flexibility index (Phi) is 1.80. The second-order valence-electron chi connectivity index (χ2n) is 5.33. The first kappa shape index (κ1) is 10.2. The zero-order chi connectivity index (χ0) is 12.2. The molecular weight excluding hydrogens is 212 g/mol. The summed E-state index contributed by atoms with van der Waals surface area (Å²) in [4.78, 5) is 4.33. The summed E-state index contributed by atoms with van der Waals surface area (Å²) in [6.07, 6.45) is 1.11. The van der Waals surface area contributed by atoms with E-state index in [-0.39, 0.29) is 5.41 Å². The Labute approximate surface area is 99.7 Å². The molecule has 86 valence electrons. The number of nitrogen functional groups attached to an aromatic ring is 1. The molecular formula is C13H14N4. The molecule has 4 nitrogen and oxygen atoms in total. The molecule has 1 aromatic carbocycles. The summed E-state index contributed by atoms with van der Waals surface area (Å²) in [7, 11) is 0. The van der Waals surface area contributed by atoms with Crippen molar-refractivity contribution in [2.45, 2.75) is 26.3 Å². The van der Waals surface area contributed by atoms with E-state index in [0.29, 0.717) is 17.6 Å². The minimum absolute atomic E-state index is 0.282. The molecule has 1 saturated carbocycles. The van der Waals surface area contributed by atoms with E-state index in [0.717, 1.165) is 17.5 Å². The maximum absolute atomic E-state index is 9.05. The number of benzene rings is 1. The lowest BCUT2D eigenvalue weighted by Crippen LogP contribution is -2.04. The first-order valence-corrected chi connectivity index (χ1v) is 5.71. The number of imidazole rings is 1. The van der Waals surface area contributed by atoms with Gasteiger partial charge in [0, 0.05) is 6.04 Å². The third-order valence-corrected chi connectivity index (χ3v) is 3.64. The number of rotatable bonds is 1. The van der Waals surface area contributed by atoms with E-state index in [1.54, 1.807) is 6.07 Å². The van der Waals surface area contributed by atoms with E-state index in [9.17, 15) is 0 Å². The molecule has 1 aliphatic carbocycles. The van der Waals surface area contributed by atoms with Crippen LogP contribution in [0.4, 0.5) is 5.95 Å². The molecule has 1 heterocycles. The van der Waals surface area contributed by atoms with Crippen molar-refractivity contribution in [2.24, 2.45) is 5.41 Å². The lowest BCUT2D eigenvalue weighted by atomic mass is 10.1. The van der Waals surface area contributed by atoms with Crippen LogP contribution in [-0.2, 0) is 0 Å². The maximum Gasteiger partial charge on any atom is 0.201 e. The largest absolute Gasteiger partial charge is 0.369 e. The Balaban J connectivity index is 2.27. The number of nitriles is 1. The summed E-state index contributed by atoms with van der Waals surface area (Å²) in [6, 6.07) is 8.20. The van der Waals surface area contributed by atoms with Crippen LogP contribution in [0.15, 0.2) is 18.2 Å². The van der Waals surface area contributed by atoms with E-state index in [1.165, 1.54) is 0 Å². The van der Waals surface area contributed by atoms with Gasteiger partial charge in [0.15, 0.2) is 0 Å². The number of nitrogens with two attached hydrogens (primary N) is 1. The van der Waals surface area contributed by atoms with E-state index < -0.39 is 0 Å². The molecule has 4 heteroatoms. The van der Waals surface area contributed by atoms with Crippen molar-refractivity contribution >= 4 is 17.0 Å². The molecule has 0 aliphatic heterocycles. The fraction of sp³-hybridized carbons (Fsp3) is 0.385. The van der Waals surface area contributed by atoms with Crippen molar-refractivity contribution < 1.29 is 0 Å². The van der Waals surface area contributed by atoms with Crippen LogP contribution in [0.2, 0.25) is 0 Å². The highest BCUT2D eigenvalue weighted by atomic mass is 15.2. The van der Waals surface area contributed by atoms with E-state index in [1.807, 2.05) is 12.1 Å². The number of fused-ring (bicyclic) bond motifs is 1. The van der Waals surface area contributed by atoms with Crippen LogP contribution in [0.3, 0.4) is 0 Å². The summed E-state index contributed by atoms with van der Waals surface area (Å²) in [5.41, 5.74) is 8.54.